The molecule has 0 aliphatic rings. The third-order valence-corrected chi connectivity index (χ3v) is 4.17. The molecule has 1 atom stereocenters. The lowest BCUT2D eigenvalue weighted by Crippen LogP contribution is -2.38. The third-order valence-electron chi connectivity index (χ3n) is 2.64. The van der Waals surface area contributed by atoms with Gasteiger partial charge in [0.25, 0.3) is 0 Å². The van der Waals surface area contributed by atoms with Crippen LogP contribution in [-0.4, -0.2) is 20.2 Å². The van der Waals surface area contributed by atoms with Gasteiger partial charge in [-0.25, -0.2) is 13.1 Å². The zero-order valence-corrected chi connectivity index (χ0v) is 11.7. The van der Waals surface area contributed by atoms with Gasteiger partial charge in [-0.05, 0) is 25.1 Å². The molecule has 4 nitrogen and oxygen atoms in total. The quantitative estimate of drug-likeness (QED) is 0.908. The van der Waals surface area contributed by atoms with E-state index in [0.29, 0.717) is 6.07 Å². The molecule has 1 aromatic carbocycles. The lowest BCUT2D eigenvalue weighted by atomic mass is 10.2. The Morgan fingerprint density at radius 3 is 2.45 bits per heavy atom. The van der Waals surface area contributed by atoms with Crippen LogP contribution in [0.2, 0.25) is 0 Å². The molecule has 0 aliphatic carbocycles. The highest BCUT2D eigenvalue weighted by atomic mass is 32.2. The molecule has 1 rings (SSSR count). The molecule has 1 unspecified atom stereocenters. The summed E-state index contributed by atoms with van der Waals surface area (Å²) >= 11 is 0. The number of Topliss-reactive ketones (excluding diaryl/α,β-unsaturated/α-hetero) is 1. The molecule has 0 spiro atoms. The topological polar surface area (TPSA) is 63.2 Å². The van der Waals surface area contributed by atoms with Gasteiger partial charge in [-0.1, -0.05) is 13.0 Å². The smallest absolute Gasteiger partial charge is 0.298 e. The molecule has 112 valence electrons. The van der Waals surface area contributed by atoms with Crippen molar-refractivity contribution in [2.75, 3.05) is 0 Å². The minimum atomic E-state index is -4.63. The molecule has 0 fully saturated rings. The van der Waals surface area contributed by atoms with Crippen molar-refractivity contribution in [3.8, 4) is 0 Å². The second kappa shape index (κ2) is 5.92. The summed E-state index contributed by atoms with van der Waals surface area (Å²) in [6, 6.07) is 2.37. The average molecular weight is 309 g/mol. The van der Waals surface area contributed by atoms with E-state index in [-0.39, 0.29) is 12.2 Å². The summed E-state index contributed by atoms with van der Waals surface area (Å²) in [6.45, 7) is 2.91. The summed E-state index contributed by atoms with van der Waals surface area (Å²) in [5, 5.41) is 0. The van der Waals surface area contributed by atoms with Crippen molar-refractivity contribution in [3.05, 3.63) is 29.8 Å². The molecule has 0 heterocycles. The average Bonchev–Trinajstić information content (AvgIpc) is 2.36. The monoisotopic (exact) mass is 309 g/mol. The zero-order chi connectivity index (χ0) is 15.6. The number of nitrogens with one attached hydrogen (secondary N) is 1. The van der Waals surface area contributed by atoms with Crippen molar-refractivity contribution in [1.29, 1.82) is 0 Å². The fourth-order valence-electron chi connectivity index (χ4n) is 1.51. The van der Waals surface area contributed by atoms with Gasteiger partial charge in [0.05, 0.1) is 16.5 Å². The molecule has 0 aromatic heterocycles. The first-order chi connectivity index (χ1) is 9.08. The van der Waals surface area contributed by atoms with Crippen LogP contribution in [0.1, 0.15) is 25.8 Å². The molecule has 0 radical (unpaired) electrons. The Labute approximate surface area is 115 Å². The molecular weight excluding hydrogens is 295 g/mol. The summed E-state index contributed by atoms with van der Waals surface area (Å²) in [5.74, 6) is -0.347. The second-order valence-electron chi connectivity index (χ2n) is 4.19. The first kappa shape index (κ1) is 16.6. The number of sulfonamides is 1. The fourth-order valence-corrected chi connectivity index (χ4v) is 2.79. The number of rotatable bonds is 5. The SMILES string of the molecule is CCC(=O)C(C)NS(=O)(=O)c1cccc(C(F)(F)F)c1. The molecule has 8 heteroatoms. The van der Waals surface area contributed by atoms with Gasteiger partial charge in [-0.2, -0.15) is 13.2 Å². The third kappa shape index (κ3) is 4.04. The predicted molar refractivity (Wildman–Crippen MR) is 66.5 cm³/mol. The number of hydrogen-bond acceptors (Lipinski definition) is 3. The summed E-state index contributed by atoms with van der Waals surface area (Å²) < 4.78 is 63.5. The second-order valence-corrected chi connectivity index (χ2v) is 5.90. The highest BCUT2D eigenvalue weighted by molar-refractivity contribution is 7.89. The van der Waals surface area contributed by atoms with Crippen molar-refractivity contribution < 1.29 is 26.4 Å². The molecule has 0 amide bonds. The summed E-state index contributed by atoms with van der Waals surface area (Å²) in [4.78, 5) is 10.8. The largest absolute Gasteiger partial charge is 0.416 e. The Balaban J connectivity index is 3.08. The van der Waals surface area contributed by atoms with Gasteiger partial charge in [0.2, 0.25) is 10.0 Å². The van der Waals surface area contributed by atoms with Crippen molar-refractivity contribution in [2.24, 2.45) is 0 Å². The molecule has 1 N–H and O–H groups in total. The lowest BCUT2D eigenvalue weighted by molar-refractivity contribution is -0.137. The van der Waals surface area contributed by atoms with Crippen LogP contribution in [0.25, 0.3) is 0 Å². The van der Waals surface area contributed by atoms with Crippen molar-refractivity contribution >= 4 is 15.8 Å². The molecule has 0 saturated heterocycles. The minimum absolute atomic E-state index is 0.131. The Hall–Kier alpha value is -1.41. The molecular formula is C12H14F3NO3S. The van der Waals surface area contributed by atoms with Crippen molar-refractivity contribution in [2.45, 2.75) is 37.4 Å². The van der Waals surface area contributed by atoms with Crippen molar-refractivity contribution in [1.82, 2.24) is 4.72 Å². The number of carbonyl (C=O) groups excluding carboxylic acids is 1. The highest BCUT2D eigenvalue weighted by Gasteiger charge is 2.32. The lowest BCUT2D eigenvalue weighted by Gasteiger charge is -2.13. The van der Waals surface area contributed by atoms with Crippen LogP contribution >= 0.6 is 0 Å². The number of hydrogen-bond donors (Lipinski definition) is 1. The van der Waals surface area contributed by atoms with Crippen LogP contribution < -0.4 is 4.72 Å². The van der Waals surface area contributed by atoms with Gasteiger partial charge in [-0.15, -0.1) is 0 Å². The van der Waals surface area contributed by atoms with E-state index in [1.165, 1.54) is 6.92 Å². The molecule has 0 saturated carbocycles. The molecule has 1 aromatic rings. The number of benzene rings is 1. The zero-order valence-electron chi connectivity index (χ0n) is 10.9. The number of alkyl halides is 3. The Morgan fingerprint density at radius 2 is 1.95 bits per heavy atom. The van der Waals surface area contributed by atoms with Crippen LogP contribution in [0.5, 0.6) is 0 Å². The van der Waals surface area contributed by atoms with E-state index in [1.807, 2.05) is 0 Å². The van der Waals surface area contributed by atoms with Gasteiger partial charge in [0, 0.05) is 6.42 Å². The van der Waals surface area contributed by atoms with E-state index in [2.05, 4.69) is 4.72 Å². The van der Waals surface area contributed by atoms with E-state index in [0.717, 1.165) is 18.2 Å². The first-order valence-corrected chi connectivity index (χ1v) is 7.28. The number of halogens is 3. The maximum absolute atomic E-state index is 12.5. The van der Waals surface area contributed by atoms with E-state index in [4.69, 9.17) is 0 Å². The molecule has 0 aliphatic heterocycles. The van der Waals surface area contributed by atoms with Gasteiger partial charge >= 0.3 is 6.18 Å². The van der Waals surface area contributed by atoms with E-state index in [9.17, 15) is 26.4 Å². The summed E-state index contributed by atoms with van der Waals surface area (Å²) in [6.07, 6.45) is -4.50. The van der Waals surface area contributed by atoms with Crippen LogP contribution in [0, 0.1) is 0 Å². The maximum atomic E-state index is 12.5. The molecule has 0 bridgehead atoms. The number of carbonyl (C=O) groups is 1. The number of ketones is 1. The molecule has 20 heavy (non-hydrogen) atoms. The van der Waals surface area contributed by atoms with E-state index in [1.54, 1.807) is 6.92 Å². The van der Waals surface area contributed by atoms with Crippen molar-refractivity contribution in [3.63, 3.8) is 0 Å². The maximum Gasteiger partial charge on any atom is 0.416 e. The van der Waals surface area contributed by atoms with Crippen LogP contribution in [0.3, 0.4) is 0 Å². The summed E-state index contributed by atoms with van der Waals surface area (Å²) in [5.41, 5.74) is -1.06. The van der Waals surface area contributed by atoms with Gasteiger partial charge in [0.1, 0.15) is 5.78 Å². The van der Waals surface area contributed by atoms with Gasteiger partial charge in [0.15, 0.2) is 0 Å². The Morgan fingerprint density at radius 1 is 1.35 bits per heavy atom. The fraction of sp³-hybridized carbons (Fsp3) is 0.417. The minimum Gasteiger partial charge on any atom is -0.298 e. The highest BCUT2D eigenvalue weighted by Crippen LogP contribution is 2.30. The summed E-state index contributed by atoms with van der Waals surface area (Å²) in [7, 11) is -4.17. The van der Waals surface area contributed by atoms with Crippen LogP contribution in [-0.2, 0) is 21.0 Å². The van der Waals surface area contributed by atoms with Gasteiger partial charge < -0.3 is 0 Å². The van der Waals surface area contributed by atoms with Gasteiger partial charge in [-0.3, -0.25) is 4.79 Å². The normalized spacial score (nSPS) is 14.1. The predicted octanol–water partition coefficient (Wildman–Crippen LogP) is 2.35. The van der Waals surface area contributed by atoms with Crippen LogP contribution in [0.4, 0.5) is 13.2 Å². The first-order valence-electron chi connectivity index (χ1n) is 5.80. The van der Waals surface area contributed by atoms with E-state index < -0.39 is 32.7 Å². The standard InChI is InChI=1S/C12H14F3NO3S/c1-3-11(17)8(2)16-20(18,19)10-6-4-5-9(7-10)12(13,14)15/h4-8,16H,3H2,1-2H3. The van der Waals surface area contributed by atoms with E-state index >= 15 is 0 Å². The Kier molecular flexibility index (Phi) is 4.93. The Bertz CT molecular complexity index is 596. The van der Waals surface area contributed by atoms with Crippen LogP contribution in [0.15, 0.2) is 29.2 Å².